The summed E-state index contributed by atoms with van der Waals surface area (Å²) in [5.74, 6) is 1.52. The lowest BCUT2D eigenvalue weighted by Gasteiger charge is -2.22. The Morgan fingerprint density at radius 3 is 2.76 bits per heavy atom. The largest absolute Gasteiger partial charge is 0.453 e. The van der Waals surface area contributed by atoms with Crippen molar-refractivity contribution in [2.24, 2.45) is 13.0 Å². The highest BCUT2D eigenvalue weighted by atomic mass is 32.2. The Kier molecular flexibility index (Phi) is 5.88. The summed E-state index contributed by atoms with van der Waals surface area (Å²) in [5, 5.41) is 9.60. The Morgan fingerprint density at radius 2 is 2.08 bits per heavy atom. The second kappa shape index (κ2) is 8.31. The smallest absolute Gasteiger partial charge is 0.198 e. The number of aromatic nitrogens is 4. The molecule has 3 rings (SSSR count). The molecular formula is C18H23N5OS. The number of hydrogen-bond donors (Lipinski definition) is 0. The van der Waals surface area contributed by atoms with Gasteiger partial charge >= 0.3 is 0 Å². The Balaban J connectivity index is 1.66. The van der Waals surface area contributed by atoms with Gasteiger partial charge in [0.2, 0.25) is 0 Å². The SMILES string of the molecule is CC(C)CN(Cc1ccccn1)Cc1ccc(Sc2nncn2C)o1. The van der Waals surface area contributed by atoms with Crippen LogP contribution in [0.3, 0.4) is 0 Å². The molecule has 0 unspecified atom stereocenters. The number of nitrogens with zero attached hydrogens (tertiary/aromatic N) is 5. The van der Waals surface area contributed by atoms with Gasteiger partial charge in [-0.1, -0.05) is 19.9 Å². The van der Waals surface area contributed by atoms with E-state index in [-0.39, 0.29) is 0 Å². The molecule has 6 nitrogen and oxygen atoms in total. The third-order valence-electron chi connectivity index (χ3n) is 3.61. The summed E-state index contributed by atoms with van der Waals surface area (Å²) in [7, 11) is 1.92. The van der Waals surface area contributed by atoms with Crippen LogP contribution in [-0.4, -0.2) is 31.2 Å². The lowest BCUT2D eigenvalue weighted by Crippen LogP contribution is -2.27. The number of pyridine rings is 1. The van der Waals surface area contributed by atoms with E-state index < -0.39 is 0 Å². The van der Waals surface area contributed by atoms with Crippen LogP contribution in [0.25, 0.3) is 0 Å². The van der Waals surface area contributed by atoms with Gasteiger partial charge in [0, 0.05) is 26.3 Å². The summed E-state index contributed by atoms with van der Waals surface area (Å²) in [6.07, 6.45) is 3.52. The molecule has 0 aromatic carbocycles. The van der Waals surface area contributed by atoms with Gasteiger partial charge in [-0.2, -0.15) is 0 Å². The van der Waals surface area contributed by atoms with Crippen molar-refractivity contribution >= 4 is 11.8 Å². The van der Waals surface area contributed by atoms with Gasteiger partial charge in [0.1, 0.15) is 12.1 Å². The van der Waals surface area contributed by atoms with Crippen molar-refractivity contribution in [2.75, 3.05) is 6.54 Å². The predicted molar refractivity (Wildman–Crippen MR) is 97.0 cm³/mol. The van der Waals surface area contributed by atoms with Crippen molar-refractivity contribution in [3.63, 3.8) is 0 Å². The topological polar surface area (TPSA) is 60.0 Å². The zero-order valence-electron chi connectivity index (χ0n) is 14.8. The van der Waals surface area contributed by atoms with Crippen molar-refractivity contribution in [2.45, 2.75) is 37.2 Å². The lowest BCUT2D eigenvalue weighted by atomic mass is 10.2. The van der Waals surface area contributed by atoms with Crippen molar-refractivity contribution < 1.29 is 4.42 Å². The molecule has 0 aliphatic carbocycles. The zero-order valence-corrected chi connectivity index (χ0v) is 15.6. The third-order valence-corrected chi connectivity index (χ3v) is 4.59. The molecule has 132 valence electrons. The van der Waals surface area contributed by atoms with E-state index in [1.54, 1.807) is 6.33 Å². The predicted octanol–water partition coefficient (Wildman–Crippen LogP) is 3.61. The molecule has 7 heteroatoms. The number of rotatable bonds is 8. The van der Waals surface area contributed by atoms with Crippen molar-refractivity contribution in [1.29, 1.82) is 0 Å². The van der Waals surface area contributed by atoms with Crippen LogP contribution in [0.5, 0.6) is 0 Å². The van der Waals surface area contributed by atoms with Crippen LogP contribution < -0.4 is 0 Å². The lowest BCUT2D eigenvalue weighted by molar-refractivity contribution is 0.204. The molecule has 0 fully saturated rings. The molecule has 0 spiro atoms. The van der Waals surface area contributed by atoms with Crippen LogP contribution in [0, 0.1) is 5.92 Å². The van der Waals surface area contributed by atoms with E-state index in [2.05, 4.69) is 40.0 Å². The second-order valence-electron chi connectivity index (χ2n) is 6.43. The van der Waals surface area contributed by atoms with Gasteiger partial charge in [0.15, 0.2) is 10.2 Å². The summed E-state index contributed by atoms with van der Waals surface area (Å²) in [5.41, 5.74) is 1.07. The second-order valence-corrected chi connectivity index (χ2v) is 7.40. The molecule has 0 radical (unpaired) electrons. The Labute approximate surface area is 152 Å². The Hall–Kier alpha value is -2.12. The molecule has 3 aromatic rings. The van der Waals surface area contributed by atoms with Crippen LogP contribution >= 0.6 is 11.8 Å². The molecule has 0 aliphatic rings. The van der Waals surface area contributed by atoms with Crippen molar-refractivity contribution in [3.05, 3.63) is 54.3 Å². The number of hydrogen-bond acceptors (Lipinski definition) is 6. The first-order valence-corrected chi connectivity index (χ1v) is 9.14. The summed E-state index contributed by atoms with van der Waals surface area (Å²) in [6.45, 7) is 7.01. The van der Waals surface area contributed by atoms with Gasteiger partial charge in [-0.05, 0) is 41.9 Å². The fourth-order valence-electron chi connectivity index (χ4n) is 2.60. The van der Waals surface area contributed by atoms with E-state index in [1.165, 1.54) is 11.8 Å². The van der Waals surface area contributed by atoms with Gasteiger partial charge < -0.3 is 8.98 Å². The fraction of sp³-hybridized carbons (Fsp3) is 0.389. The molecule has 0 aliphatic heterocycles. The maximum atomic E-state index is 5.98. The summed E-state index contributed by atoms with van der Waals surface area (Å²) >= 11 is 1.48. The minimum Gasteiger partial charge on any atom is -0.453 e. The van der Waals surface area contributed by atoms with Crippen LogP contribution in [0.2, 0.25) is 0 Å². The van der Waals surface area contributed by atoms with Gasteiger partial charge in [-0.3, -0.25) is 9.88 Å². The van der Waals surface area contributed by atoms with E-state index in [1.807, 2.05) is 42.1 Å². The fourth-order valence-corrected chi connectivity index (χ4v) is 3.34. The van der Waals surface area contributed by atoms with Crippen molar-refractivity contribution in [3.8, 4) is 0 Å². The average molecular weight is 357 g/mol. The first-order chi connectivity index (χ1) is 12.1. The molecule has 3 heterocycles. The van der Waals surface area contributed by atoms with E-state index in [0.29, 0.717) is 5.92 Å². The highest BCUT2D eigenvalue weighted by Gasteiger charge is 2.14. The van der Waals surface area contributed by atoms with Crippen molar-refractivity contribution in [1.82, 2.24) is 24.6 Å². The van der Waals surface area contributed by atoms with Gasteiger partial charge in [0.25, 0.3) is 0 Å². The van der Waals surface area contributed by atoms with Gasteiger partial charge in [-0.15, -0.1) is 10.2 Å². The van der Waals surface area contributed by atoms with E-state index >= 15 is 0 Å². The highest BCUT2D eigenvalue weighted by molar-refractivity contribution is 7.99. The number of aryl methyl sites for hydroxylation is 1. The summed E-state index contributed by atoms with van der Waals surface area (Å²) < 4.78 is 7.86. The normalized spacial score (nSPS) is 11.6. The molecule has 3 aromatic heterocycles. The van der Waals surface area contributed by atoms with Crippen LogP contribution in [0.15, 0.2) is 57.5 Å². The van der Waals surface area contributed by atoms with Gasteiger partial charge in [0.05, 0.1) is 12.2 Å². The quantitative estimate of drug-likeness (QED) is 0.614. The maximum absolute atomic E-state index is 5.98. The van der Waals surface area contributed by atoms with E-state index in [4.69, 9.17) is 4.42 Å². The van der Waals surface area contributed by atoms with Gasteiger partial charge in [-0.25, -0.2) is 0 Å². The molecule has 0 N–H and O–H groups in total. The minimum atomic E-state index is 0.575. The zero-order chi connectivity index (χ0) is 17.6. The molecule has 0 bridgehead atoms. The molecule has 0 saturated heterocycles. The highest BCUT2D eigenvalue weighted by Crippen LogP contribution is 2.27. The van der Waals surface area contributed by atoms with E-state index in [9.17, 15) is 0 Å². The maximum Gasteiger partial charge on any atom is 0.198 e. The first-order valence-electron chi connectivity index (χ1n) is 8.33. The summed E-state index contributed by atoms with van der Waals surface area (Å²) in [6, 6.07) is 10.1. The molecule has 0 saturated carbocycles. The molecule has 0 amide bonds. The molecular weight excluding hydrogens is 334 g/mol. The van der Waals surface area contributed by atoms with Crippen LogP contribution in [0.1, 0.15) is 25.3 Å². The summed E-state index contributed by atoms with van der Waals surface area (Å²) in [4.78, 5) is 6.80. The third kappa shape index (κ3) is 5.17. The average Bonchev–Trinajstić information content (AvgIpc) is 3.18. The molecule has 25 heavy (non-hydrogen) atoms. The molecule has 0 atom stereocenters. The number of furan rings is 1. The van der Waals surface area contributed by atoms with Crippen LogP contribution in [0.4, 0.5) is 0 Å². The first kappa shape index (κ1) is 17.7. The Morgan fingerprint density at radius 1 is 1.20 bits per heavy atom. The Bertz CT molecular complexity index is 784. The minimum absolute atomic E-state index is 0.575. The van der Waals surface area contributed by atoms with Crippen LogP contribution in [-0.2, 0) is 20.1 Å². The monoisotopic (exact) mass is 357 g/mol. The standard InChI is InChI=1S/C18H23N5OS/c1-14(2)10-23(11-15-6-4-5-9-19-15)12-16-7-8-17(24-16)25-18-21-20-13-22(18)3/h4-9,13-14H,10-12H2,1-3H3. The van der Waals surface area contributed by atoms with E-state index in [0.717, 1.165) is 41.3 Å².